The van der Waals surface area contributed by atoms with Crippen LogP contribution >= 0.6 is 0 Å². The number of methoxy groups -OCH3 is 1. The molecule has 3 aromatic rings. The molecule has 1 aliphatic rings. The largest absolute Gasteiger partial charge is 0.497 e. The first-order chi connectivity index (χ1) is 15.4. The van der Waals surface area contributed by atoms with Gasteiger partial charge in [0.25, 0.3) is 0 Å². The predicted octanol–water partition coefficient (Wildman–Crippen LogP) is 4.06. The molecule has 1 N–H and O–H groups in total. The first-order valence-electron chi connectivity index (χ1n) is 11.2. The van der Waals surface area contributed by atoms with Gasteiger partial charge in [-0.2, -0.15) is 0 Å². The van der Waals surface area contributed by atoms with Gasteiger partial charge in [-0.1, -0.05) is 30.3 Å². The zero-order valence-corrected chi connectivity index (χ0v) is 19.0. The number of para-hydroxylation sites is 1. The van der Waals surface area contributed by atoms with Crippen LogP contribution in [0.25, 0.3) is 10.9 Å². The number of aliphatic hydroxyl groups excluding tert-OH is 1. The molecule has 6 nitrogen and oxygen atoms in total. The van der Waals surface area contributed by atoms with Gasteiger partial charge in [-0.15, -0.1) is 0 Å². The minimum Gasteiger partial charge on any atom is -0.497 e. The number of aliphatic hydroxyl groups is 1. The van der Waals surface area contributed by atoms with Crippen molar-refractivity contribution in [2.45, 2.75) is 45.9 Å². The van der Waals surface area contributed by atoms with Crippen LogP contribution in [0.2, 0.25) is 0 Å². The van der Waals surface area contributed by atoms with Gasteiger partial charge in [0.15, 0.2) is 0 Å². The number of amides is 1. The van der Waals surface area contributed by atoms with Crippen molar-refractivity contribution in [3.05, 3.63) is 65.2 Å². The highest BCUT2D eigenvalue weighted by atomic mass is 16.5. The second kappa shape index (κ2) is 9.57. The minimum atomic E-state index is -0.353. The zero-order chi connectivity index (χ0) is 22.7. The minimum absolute atomic E-state index is 0.00906. The lowest BCUT2D eigenvalue weighted by Gasteiger charge is -2.33. The summed E-state index contributed by atoms with van der Waals surface area (Å²) in [7, 11) is 1.64. The molecule has 0 aliphatic carbocycles. The lowest BCUT2D eigenvalue weighted by Crippen LogP contribution is -2.39. The molecule has 1 aliphatic heterocycles. The second-order valence-electron chi connectivity index (χ2n) is 8.58. The third kappa shape index (κ3) is 4.86. The number of benzene rings is 2. The molecule has 0 radical (unpaired) electrons. The monoisotopic (exact) mass is 433 g/mol. The average Bonchev–Trinajstić information content (AvgIpc) is 2.79. The van der Waals surface area contributed by atoms with Crippen LogP contribution < -0.4 is 9.64 Å². The standard InChI is InChI=1S/C26H31N3O3/c1-18-6-4-7-21-14-22(26(27-25(18)21)28-13-5-8-23(31)17-28)16-29(19(2)30)15-20-9-11-24(32-3)12-10-20/h4,6-7,9-12,14,23,31H,5,8,13,15-17H2,1-3H3/t23-/m1/s1. The van der Waals surface area contributed by atoms with E-state index in [1.54, 1.807) is 14.0 Å². The van der Waals surface area contributed by atoms with Crippen molar-refractivity contribution < 1.29 is 14.6 Å². The van der Waals surface area contributed by atoms with Crippen LogP contribution in [0.15, 0.2) is 48.5 Å². The molecule has 4 rings (SSSR count). The Hall–Kier alpha value is -3.12. The average molecular weight is 434 g/mol. The third-order valence-corrected chi connectivity index (χ3v) is 6.14. The van der Waals surface area contributed by atoms with Gasteiger partial charge in [-0.3, -0.25) is 4.79 Å². The Bertz CT molecular complexity index is 1100. The molecule has 0 unspecified atom stereocenters. The highest BCUT2D eigenvalue weighted by Crippen LogP contribution is 2.29. The van der Waals surface area contributed by atoms with E-state index >= 15 is 0 Å². The van der Waals surface area contributed by atoms with E-state index in [2.05, 4.69) is 30.0 Å². The second-order valence-corrected chi connectivity index (χ2v) is 8.58. The van der Waals surface area contributed by atoms with Crippen molar-refractivity contribution >= 4 is 22.6 Å². The summed E-state index contributed by atoms with van der Waals surface area (Å²) in [6, 6.07) is 16.1. The molecule has 168 valence electrons. The number of fused-ring (bicyclic) bond motifs is 1. The van der Waals surface area contributed by atoms with Crippen LogP contribution in [-0.2, 0) is 17.9 Å². The summed E-state index contributed by atoms with van der Waals surface area (Å²) >= 11 is 0. The molecule has 32 heavy (non-hydrogen) atoms. The number of rotatable bonds is 6. The van der Waals surface area contributed by atoms with Gasteiger partial charge in [-0.05, 0) is 49.1 Å². The SMILES string of the molecule is COc1ccc(CN(Cc2cc3cccc(C)c3nc2N2CCC[C@@H](O)C2)C(C)=O)cc1. The van der Waals surface area contributed by atoms with Gasteiger partial charge >= 0.3 is 0 Å². The molecular weight excluding hydrogens is 402 g/mol. The molecule has 1 aromatic heterocycles. The number of carbonyl (C=O) groups excluding carboxylic acids is 1. The quantitative estimate of drug-likeness (QED) is 0.635. The molecule has 0 spiro atoms. The van der Waals surface area contributed by atoms with Crippen LogP contribution in [0.5, 0.6) is 5.75 Å². The Morgan fingerprint density at radius 1 is 1.22 bits per heavy atom. The number of aryl methyl sites for hydroxylation is 1. The lowest BCUT2D eigenvalue weighted by atomic mass is 10.0. The molecule has 1 fully saturated rings. The van der Waals surface area contributed by atoms with Crippen molar-refractivity contribution in [1.82, 2.24) is 9.88 Å². The Balaban J connectivity index is 1.69. The Morgan fingerprint density at radius 2 is 2.00 bits per heavy atom. The van der Waals surface area contributed by atoms with E-state index < -0.39 is 0 Å². The van der Waals surface area contributed by atoms with E-state index in [9.17, 15) is 9.90 Å². The summed E-state index contributed by atoms with van der Waals surface area (Å²) in [6.45, 7) is 6.05. The number of piperidine rings is 1. The first-order valence-corrected chi connectivity index (χ1v) is 11.2. The summed E-state index contributed by atoms with van der Waals surface area (Å²) in [4.78, 5) is 21.6. The number of β-amino-alcohol motifs (C(OH)–C–C–N with tert-alkyl or cyclic N) is 1. The molecule has 1 amide bonds. The number of hydrogen-bond donors (Lipinski definition) is 1. The van der Waals surface area contributed by atoms with Crippen molar-refractivity contribution in [1.29, 1.82) is 0 Å². The molecule has 2 heterocycles. The van der Waals surface area contributed by atoms with Gasteiger partial charge in [0.1, 0.15) is 11.6 Å². The highest BCUT2D eigenvalue weighted by molar-refractivity contribution is 5.85. The van der Waals surface area contributed by atoms with Crippen LogP contribution in [0.4, 0.5) is 5.82 Å². The number of anilines is 1. The summed E-state index contributed by atoms with van der Waals surface area (Å²) in [5, 5.41) is 11.3. The summed E-state index contributed by atoms with van der Waals surface area (Å²) in [6.07, 6.45) is 1.39. The summed E-state index contributed by atoms with van der Waals surface area (Å²) in [5.41, 5.74) is 4.13. The van der Waals surface area contributed by atoms with Gasteiger partial charge in [0.05, 0.1) is 18.7 Å². The molecule has 1 saturated heterocycles. The van der Waals surface area contributed by atoms with Gasteiger partial charge in [0, 0.05) is 44.1 Å². The molecule has 0 saturated carbocycles. The van der Waals surface area contributed by atoms with Crippen LogP contribution in [0.3, 0.4) is 0 Å². The van der Waals surface area contributed by atoms with Crippen molar-refractivity contribution in [3.63, 3.8) is 0 Å². The number of aromatic nitrogens is 1. The molecule has 6 heteroatoms. The van der Waals surface area contributed by atoms with E-state index in [-0.39, 0.29) is 12.0 Å². The molecule has 1 atom stereocenters. The van der Waals surface area contributed by atoms with Crippen LogP contribution in [-0.4, -0.2) is 47.2 Å². The van der Waals surface area contributed by atoms with Gasteiger partial charge in [-0.25, -0.2) is 4.98 Å². The number of ether oxygens (including phenoxy) is 1. The topological polar surface area (TPSA) is 65.9 Å². The lowest BCUT2D eigenvalue weighted by molar-refractivity contribution is -0.130. The maximum Gasteiger partial charge on any atom is 0.220 e. The van der Waals surface area contributed by atoms with Crippen molar-refractivity contribution in [2.75, 3.05) is 25.1 Å². The van der Waals surface area contributed by atoms with Gasteiger partial charge < -0.3 is 19.6 Å². The highest BCUT2D eigenvalue weighted by Gasteiger charge is 2.23. The molecular formula is C26H31N3O3. The maximum atomic E-state index is 12.6. The Kier molecular flexibility index (Phi) is 6.61. The third-order valence-electron chi connectivity index (χ3n) is 6.14. The van der Waals surface area contributed by atoms with Crippen molar-refractivity contribution in [3.8, 4) is 5.75 Å². The summed E-state index contributed by atoms with van der Waals surface area (Å²) < 4.78 is 5.24. The van der Waals surface area contributed by atoms with E-state index in [1.807, 2.05) is 35.2 Å². The van der Waals surface area contributed by atoms with E-state index in [1.165, 1.54) is 0 Å². The Morgan fingerprint density at radius 3 is 2.69 bits per heavy atom. The fraction of sp³-hybridized carbons (Fsp3) is 0.385. The maximum absolute atomic E-state index is 12.6. The van der Waals surface area contributed by atoms with Crippen LogP contribution in [0.1, 0.15) is 36.5 Å². The van der Waals surface area contributed by atoms with E-state index in [0.29, 0.717) is 19.6 Å². The summed E-state index contributed by atoms with van der Waals surface area (Å²) in [5.74, 6) is 1.67. The number of carbonyl (C=O) groups is 1. The smallest absolute Gasteiger partial charge is 0.220 e. The normalized spacial score (nSPS) is 16.2. The van der Waals surface area contributed by atoms with Crippen LogP contribution in [0, 0.1) is 6.92 Å². The van der Waals surface area contributed by atoms with Crippen molar-refractivity contribution in [2.24, 2.45) is 0 Å². The first kappa shape index (κ1) is 22.1. The Labute approximate surface area is 189 Å². The fourth-order valence-corrected chi connectivity index (χ4v) is 4.35. The number of nitrogens with zero attached hydrogens (tertiary/aromatic N) is 3. The van der Waals surface area contributed by atoms with Gasteiger partial charge in [0.2, 0.25) is 5.91 Å². The fourth-order valence-electron chi connectivity index (χ4n) is 4.35. The predicted molar refractivity (Wildman–Crippen MR) is 127 cm³/mol. The molecule has 0 bridgehead atoms. The zero-order valence-electron chi connectivity index (χ0n) is 19.0. The molecule has 2 aromatic carbocycles. The number of pyridine rings is 1. The van der Waals surface area contributed by atoms with E-state index in [0.717, 1.165) is 58.5 Å². The van der Waals surface area contributed by atoms with E-state index in [4.69, 9.17) is 9.72 Å². The number of hydrogen-bond acceptors (Lipinski definition) is 5.